The van der Waals surface area contributed by atoms with Crippen LogP contribution in [0.15, 0.2) is 28.7 Å². The Morgan fingerprint density at radius 2 is 1.81 bits per heavy atom. The maximum Gasteiger partial charge on any atom is 0.270 e. The predicted molar refractivity (Wildman–Crippen MR) is 66.3 cm³/mol. The molecule has 0 aromatic heterocycles. The van der Waals surface area contributed by atoms with Crippen molar-refractivity contribution in [1.82, 2.24) is 5.32 Å². The normalized spacial score (nSPS) is 27.5. The predicted octanol–water partition coefficient (Wildman–Crippen LogP) is 3.71. The van der Waals surface area contributed by atoms with Gasteiger partial charge in [0, 0.05) is 17.4 Å². The van der Waals surface area contributed by atoms with Crippen LogP contribution in [0, 0.1) is 0 Å². The molecule has 1 aromatic rings. The molecular weight excluding hydrogens is 299 g/mol. The van der Waals surface area contributed by atoms with E-state index < -0.39 is 11.5 Å². The van der Waals surface area contributed by atoms with Crippen LogP contribution in [0.25, 0.3) is 0 Å². The van der Waals surface area contributed by atoms with Gasteiger partial charge in [0.25, 0.3) is 5.92 Å². The molecule has 1 atom stereocenters. The van der Waals surface area contributed by atoms with Gasteiger partial charge in [-0.1, -0.05) is 28.1 Å². The van der Waals surface area contributed by atoms with Gasteiger partial charge in [-0.3, -0.25) is 0 Å². The molecule has 0 spiro atoms. The first kappa shape index (κ1) is 13.9. The fraction of sp³-hybridized carbons (Fsp3) is 0.455. The number of rotatable bonds is 1. The molecule has 0 amide bonds. The van der Waals surface area contributed by atoms with Crippen molar-refractivity contribution in [3.8, 4) is 0 Å². The Morgan fingerprint density at radius 3 is 2.25 bits per heavy atom. The molecule has 1 saturated heterocycles. The molecule has 1 fully saturated rings. The van der Waals surface area contributed by atoms with Gasteiger partial charge in [0.05, 0.1) is 0 Å². The van der Waals surface area contributed by atoms with Crippen molar-refractivity contribution in [2.75, 3.05) is 6.54 Å². The Bertz CT molecular complexity index is 369. The summed E-state index contributed by atoms with van der Waals surface area (Å²) < 4.78 is 28.3. The molecule has 1 aromatic carbocycles. The lowest BCUT2D eigenvalue weighted by Crippen LogP contribution is -2.45. The van der Waals surface area contributed by atoms with Crippen molar-refractivity contribution >= 4 is 28.3 Å². The monoisotopic (exact) mass is 311 g/mol. The van der Waals surface area contributed by atoms with Gasteiger partial charge in [-0.2, -0.15) is 0 Å². The highest BCUT2D eigenvalue weighted by Crippen LogP contribution is 2.43. The van der Waals surface area contributed by atoms with Gasteiger partial charge >= 0.3 is 0 Å². The topological polar surface area (TPSA) is 12.0 Å². The average Bonchev–Trinajstić information content (AvgIpc) is 2.43. The van der Waals surface area contributed by atoms with Crippen molar-refractivity contribution in [3.05, 3.63) is 34.3 Å². The summed E-state index contributed by atoms with van der Waals surface area (Å²) in [5.41, 5.74) is -0.596. The lowest BCUT2D eigenvalue weighted by Gasteiger charge is -2.31. The molecule has 0 radical (unpaired) electrons. The third-order valence-corrected chi connectivity index (χ3v) is 3.60. The summed E-state index contributed by atoms with van der Waals surface area (Å²) in [6.45, 7) is 1.92. The molecule has 1 aliphatic heterocycles. The number of alkyl halides is 2. The van der Waals surface area contributed by atoms with Crippen LogP contribution < -0.4 is 5.32 Å². The van der Waals surface area contributed by atoms with Crippen LogP contribution in [-0.4, -0.2) is 12.5 Å². The Kier molecular flexibility index (Phi) is 3.98. The van der Waals surface area contributed by atoms with Crippen molar-refractivity contribution in [2.45, 2.75) is 24.8 Å². The Balaban J connectivity index is 0.00000128. The second-order valence-electron chi connectivity index (χ2n) is 4.01. The van der Waals surface area contributed by atoms with Crippen molar-refractivity contribution < 1.29 is 8.78 Å². The minimum Gasteiger partial charge on any atom is -0.302 e. The van der Waals surface area contributed by atoms with Crippen molar-refractivity contribution in [3.63, 3.8) is 0 Å². The van der Waals surface area contributed by atoms with Crippen LogP contribution in [0.5, 0.6) is 0 Å². The van der Waals surface area contributed by atoms with Gasteiger partial charge in [-0.25, -0.2) is 8.78 Å². The van der Waals surface area contributed by atoms with Crippen molar-refractivity contribution in [1.29, 1.82) is 0 Å². The summed E-state index contributed by atoms with van der Waals surface area (Å²) in [6, 6.07) is 7.04. The highest BCUT2D eigenvalue weighted by molar-refractivity contribution is 9.10. The minimum atomic E-state index is -2.68. The molecule has 0 saturated carbocycles. The second-order valence-corrected chi connectivity index (χ2v) is 4.93. The van der Waals surface area contributed by atoms with Gasteiger partial charge in [0.2, 0.25) is 0 Å². The zero-order valence-corrected chi connectivity index (χ0v) is 11.2. The fourth-order valence-electron chi connectivity index (χ4n) is 1.95. The van der Waals surface area contributed by atoms with Crippen LogP contribution in [-0.2, 0) is 5.54 Å². The summed E-state index contributed by atoms with van der Waals surface area (Å²) in [5.74, 6) is -2.68. The molecule has 1 N–H and O–H groups in total. The van der Waals surface area contributed by atoms with E-state index in [0.717, 1.165) is 4.47 Å². The van der Waals surface area contributed by atoms with Crippen LogP contribution in [0.4, 0.5) is 8.78 Å². The number of benzene rings is 1. The lowest BCUT2D eigenvalue weighted by atomic mass is 9.87. The fourth-order valence-corrected chi connectivity index (χ4v) is 2.21. The van der Waals surface area contributed by atoms with Crippen LogP contribution >= 0.6 is 28.3 Å². The zero-order chi connectivity index (χ0) is 11.1. The number of hydrogen-bond acceptors (Lipinski definition) is 1. The first-order valence-electron chi connectivity index (χ1n) is 4.85. The highest BCUT2D eigenvalue weighted by Gasteiger charge is 2.54. The molecule has 1 nitrogen and oxygen atoms in total. The molecule has 1 aliphatic rings. The Hall–Kier alpha value is -0.190. The third-order valence-electron chi connectivity index (χ3n) is 3.07. The van der Waals surface area contributed by atoms with E-state index in [2.05, 4.69) is 21.2 Å². The van der Waals surface area contributed by atoms with Gasteiger partial charge in [-0.15, -0.1) is 12.4 Å². The first-order valence-corrected chi connectivity index (χ1v) is 5.64. The van der Waals surface area contributed by atoms with Crippen LogP contribution in [0.1, 0.15) is 18.9 Å². The summed E-state index contributed by atoms with van der Waals surface area (Å²) in [4.78, 5) is 0. The molecule has 2 rings (SSSR count). The third kappa shape index (κ3) is 2.11. The van der Waals surface area contributed by atoms with E-state index in [1.54, 1.807) is 31.2 Å². The number of hydrogen-bond donors (Lipinski definition) is 1. The van der Waals surface area contributed by atoms with Crippen molar-refractivity contribution in [2.24, 2.45) is 0 Å². The highest BCUT2D eigenvalue weighted by atomic mass is 79.9. The van der Waals surface area contributed by atoms with E-state index in [0.29, 0.717) is 12.1 Å². The van der Waals surface area contributed by atoms with E-state index in [1.807, 2.05) is 0 Å². The second kappa shape index (κ2) is 4.59. The van der Waals surface area contributed by atoms with E-state index in [9.17, 15) is 8.78 Å². The molecule has 90 valence electrons. The van der Waals surface area contributed by atoms with Gasteiger partial charge in [0.1, 0.15) is 5.54 Å². The summed E-state index contributed by atoms with van der Waals surface area (Å²) >= 11 is 3.29. The standard InChI is InChI=1S/C11H12BrF2N.ClH/c1-10(11(13,14)6-7-15-10)8-2-4-9(12)5-3-8;/h2-5,15H,6-7H2,1H3;1H. The molecule has 1 heterocycles. The maximum absolute atomic E-state index is 13.7. The summed E-state index contributed by atoms with van der Waals surface area (Å²) in [5, 5.41) is 2.89. The smallest absolute Gasteiger partial charge is 0.270 e. The largest absolute Gasteiger partial charge is 0.302 e. The SMILES string of the molecule is CC1(c2ccc(Br)cc2)NCCC1(F)F.Cl. The van der Waals surface area contributed by atoms with Gasteiger partial charge < -0.3 is 5.32 Å². The Morgan fingerprint density at radius 1 is 1.25 bits per heavy atom. The summed E-state index contributed by atoms with van der Waals surface area (Å²) in [6.07, 6.45) is -0.0977. The first-order chi connectivity index (χ1) is 6.96. The van der Waals surface area contributed by atoms with E-state index >= 15 is 0 Å². The summed E-state index contributed by atoms with van der Waals surface area (Å²) in [7, 11) is 0. The van der Waals surface area contributed by atoms with E-state index in [-0.39, 0.29) is 18.8 Å². The number of nitrogens with one attached hydrogen (secondary N) is 1. The molecule has 0 aliphatic carbocycles. The molecular formula is C11H13BrClF2N. The Labute approximate surface area is 108 Å². The average molecular weight is 313 g/mol. The van der Waals surface area contributed by atoms with Gasteiger partial charge in [0.15, 0.2) is 0 Å². The van der Waals surface area contributed by atoms with Crippen LogP contribution in [0.2, 0.25) is 0 Å². The zero-order valence-electron chi connectivity index (χ0n) is 8.77. The quantitative estimate of drug-likeness (QED) is 0.833. The molecule has 1 unspecified atom stereocenters. The van der Waals surface area contributed by atoms with Gasteiger partial charge in [-0.05, 0) is 24.6 Å². The molecule has 0 bridgehead atoms. The lowest BCUT2D eigenvalue weighted by molar-refractivity contribution is -0.0559. The maximum atomic E-state index is 13.7. The minimum absolute atomic E-state index is 0. The molecule has 16 heavy (non-hydrogen) atoms. The van der Waals surface area contributed by atoms with E-state index in [1.165, 1.54) is 0 Å². The number of halogens is 4. The molecule has 5 heteroatoms. The van der Waals surface area contributed by atoms with Crippen LogP contribution in [0.3, 0.4) is 0 Å². The van der Waals surface area contributed by atoms with E-state index in [4.69, 9.17) is 0 Å².